The van der Waals surface area contributed by atoms with Crippen molar-refractivity contribution >= 4 is 12.1 Å². The molecule has 0 saturated heterocycles. The first-order chi connectivity index (χ1) is 10.6. The SMILES string of the molecule is COC(=O)[C@@]1(C)CC=CC=CN1C(=O)OCc1ccccc1. The first kappa shape index (κ1) is 15.8. The van der Waals surface area contributed by atoms with Gasteiger partial charge in [0.15, 0.2) is 0 Å². The highest BCUT2D eigenvalue weighted by molar-refractivity contribution is 5.86. The number of allylic oxidation sites excluding steroid dienone is 2. The summed E-state index contributed by atoms with van der Waals surface area (Å²) in [6, 6.07) is 9.37. The summed E-state index contributed by atoms with van der Waals surface area (Å²) in [6.45, 7) is 1.80. The lowest BCUT2D eigenvalue weighted by atomic mass is 9.96. The van der Waals surface area contributed by atoms with Gasteiger partial charge in [-0.2, -0.15) is 0 Å². The Kier molecular flexibility index (Phi) is 4.99. The van der Waals surface area contributed by atoms with E-state index in [2.05, 4.69) is 0 Å². The minimum atomic E-state index is -1.12. The second-order valence-corrected chi connectivity index (χ2v) is 5.15. The zero-order valence-corrected chi connectivity index (χ0v) is 12.7. The Morgan fingerprint density at radius 2 is 1.95 bits per heavy atom. The van der Waals surface area contributed by atoms with Crippen LogP contribution in [0.1, 0.15) is 18.9 Å². The van der Waals surface area contributed by atoms with E-state index < -0.39 is 17.6 Å². The van der Waals surface area contributed by atoms with Gasteiger partial charge in [-0.3, -0.25) is 4.90 Å². The van der Waals surface area contributed by atoms with E-state index in [1.54, 1.807) is 19.1 Å². The lowest BCUT2D eigenvalue weighted by Gasteiger charge is -2.34. The maximum Gasteiger partial charge on any atom is 0.415 e. The molecule has 22 heavy (non-hydrogen) atoms. The minimum Gasteiger partial charge on any atom is -0.467 e. The molecule has 1 aliphatic heterocycles. The zero-order valence-electron chi connectivity index (χ0n) is 12.7. The van der Waals surface area contributed by atoms with Crippen LogP contribution in [0.4, 0.5) is 4.79 Å². The van der Waals surface area contributed by atoms with Gasteiger partial charge in [0.1, 0.15) is 12.1 Å². The van der Waals surface area contributed by atoms with Crippen molar-refractivity contribution in [3.05, 3.63) is 60.3 Å². The maximum absolute atomic E-state index is 12.4. The van der Waals surface area contributed by atoms with Gasteiger partial charge < -0.3 is 9.47 Å². The van der Waals surface area contributed by atoms with Gasteiger partial charge in [0.2, 0.25) is 0 Å². The molecule has 0 N–H and O–H groups in total. The summed E-state index contributed by atoms with van der Waals surface area (Å²) in [5, 5.41) is 0. The average molecular weight is 301 g/mol. The number of carbonyl (C=O) groups is 2. The van der Waals surface area contributed by atoms with E-state index in [0.717, 1.165) is 5.56 Å². The van der Waals surface area contributed by atoms with Crippen LogP contribution in [0.5, 0.6) is 0 Å². The fraction of sp³-hybridized carbons (Fsp3) is 0.294. The van der Waals surface area contributed by atoms with Crippen molar-refractivity contribution in [1.29, 1.82) is 0 Å². The number of hydrogen-bond donors (Lipinski definition) is 0. The van der Waals surface area contributed by atoms with Crippen LogP contribution < -0.4 is 0 Å². The largest absolute Gasteiger partial charge is 0.467 e. The highest BCUT2D eigenvalue weighted by atomic mass is 16.6. The molecule has 5 nitrogen and oxygen atoms in total. The van der Waals surface area contributed by atoms with Crippen LogP contribution in [0, 0.1) is 0 Å². The topological polar surface area (TPSA) is 55.8 Å². The van der Waals surface area contributed by atoms with Crippen molar-refractivity contribution in [3.63, 3.8) is 0 Å². The van der Waals surface area contributed by atoms with Crippen molar-refractivity contribution in [2.45, 2.75) is 25.5 Å². The van der Waals surface area contributed by atoms with Crippen molar-refractivity contribution in [2.75, 3.05) is 7.11 Å². The van der Waals surface area contributed by atoms with Crippen molar-refractivity contribution in [1.82, 2.24) is 4.90 Å². The molecule has 2 rings (SSSR count). The summed E-state index contributed by atoms with van der Waals surface area (Å²) in [5.41, 5.74) is -0.237. The van der Waals surface area contributed by atoms with E-state index in [9.17, 15) is 9.59 Å². The van der Waals surface area contributed by atoms with Crippen LogP contribution >= 0.6 is 0 Å². The molecule has 1 aromatic rings. The number of methoxy groups -OCH3 is 1. The van der Waals surface area contributed by atoms with Gasteiger partial charge in [0.25, 0.3) is 0 Å². The number of carbonyl (C=O) groups excluding carboxylic acids is 2. The summed E-state index contributed by atoms with van der Waals surface area (Å²) in [5.74, 6) is -0.486. The molecule has 0 fully saturated rings. The molecule has 0 radical (unpaired) electrons. The second kappa shape index (κ2) is 6.93. The molecule has 1 amide bonds. The lowest BCUT2D eigenvalue weighted by molar-refractivity contribution is -0.151. The summed E-state index contributed by atoms with van der Waals surface area (Å²) >= 11 is 0. The molecule has 5 heteroatoms. The Balaban J connectivity index is 2.13. The van der Waals surface area contributed by atoms with Crippen LogP contribution in [-0.4, -0.2) is 29.6 Å². The Labute approximate surface area is 129 Å². The number of esters is 1. The number of benzene rings is 1. The van der Waals surface area contributed by atoms with E-state index >= 15 is 0 Å². The van der Waals surface area contributed by atoms with Gasteiger partial charge in [-0.1, -0.05) is 42.5 Å². The molecule has 0 saturated carbocycles. The van der Waals surface area contributed by atoms with E-state index in [1.165, 1.54) is 18.2 Å². The lowest BCUT2D eigenvalue weighted by Crippen LogP contribution is -2.52. The molecular formula is C17H19NO4. The summed E-state index contributed by atoms with van der Waals surface area (Å²) in [7, 11) is 1.30. The Bertz CT molecular complexity index is 594. The number of hydrogen-bond acceptors (Lipinski definition) is 4. The third-order valence-electron chi connectivity index (χ3n) is 3.56. The Morgan fingerprint density at radius 3 is 2.64 bits per heavy atom. The second-order valence-electron chi connectivity index (χ2n) is 5.15. The van der Waals surface area contributed by atoms with Crippen LogP contribution in [0.2, 0.25) is 0 Å². The fourth-order valence-corrected chi connectivity index (χ4v) is 2.23. The number of rotatable bonds is 3. The van der Waals surface area contributed by atoms with Crippen molar-refractivity contribution in [2.24, 2.45) is 0 Å². The third-order valence-corrected chi connectivity index (χ3v) is 3.56. The summed E-state index contributed by atoms with van der Waals surface area (Å²) in [4.78, 5) is 25.7. The normalized spacial score (nSPS) is 20.4. The highest BCUT2D eigenvalue weighted by Gasteiger charge is 2.43. The van der Waals surface area contributed by atoms with E-state index in [-0.39, 0.29) is 6.61 Å². The molecular weight excluding hydrogens is 282 g/mol. The molecule has 0 spiro atoms. The average Bonchev–Trinajstić information content (AvgIpc) is 2.75. The van der Waals surface area contributed by atoms with E-state index in [0.29, 0.717) is 6.42 Å². The molecule has 1 aliphatic rings. The van der Waals surface area contributed by atoms with Crippen LogP contribution in [0.25, 0.3) is 0 Å². The number of nitrogens with zero attached hydrogens (tertiary/aromatic N) is 1. The van der Waals surface area contributed by atoms with Crippen LogP contribution in [0.3, 0.4) is 0 Å². The standard InChI is InChI=1S/C17H19NO4/c1-17(15(19)21-2)11-7-4-8-12-18(17)16(20)22-13-14-9-5-3-6-10-14/h3-10,12H,11,13H2,1-2H3/t17-/m1/s1. The van der Waals surface area contributed by atoms with Crippen molar-refractivity contribution < 1.29 is 19.1 Å². The summed E-state index contributed by atoms with van der Waals surface area (Å²) < 4.78 is 10.1. The van der Waals surface area contributed by atoms with Gasteiger partial charge in [-0.15, -0.1) is 0 Å². The van der Waals surface area contributed by atoms with Crippen molar-refractivity contribution in [3.8, 4) is 0 Å². The molecule has 0 unspecified atom stereocenters. The monoisotopic (exact) mass is 301 g/mol. The number of ether oxygens (including phenoxy) is 2. The molecule has 0 aromatic heterocycles. The first-order valence-electron chi connectivity index (χ1n) is 6.99. The van der Waals surface area contributed by atoms with Crippen LogP contribution in [-0.2, 0) is 20.9 Å². The molecule has 1 heterocycles. The fourth-order valence-electron chi connectivity index (χ4n) is 2.23. The molecule has 116 valence electrons. The van der Waals surface area contributed by atoms with Gasteiger partial charge in [0.05, 0.1) is 7.11 Å². The quantitative estimate of drug-likeness (QED) is 0.805. The smallest absolute Gasteiger partial charge is 0.415 e. The summed E-state index contributed by atoms with van der Waals surface area (Å²) in [6.07, 6.45) is 6.60. The molecule has 0 bridgehead atoms. The predicted molar refractivity (Wildman–Crippen MR) is 81.8 cm³/mol. The number of amides is 1. The molecule has 1 aromatic carbocycles. The maximum atomic E-state index is 12.4. The van der Waals surface area contributed by atoms with Gasteiger partial charge in [-0.25, -0.2) is 9.59 Å². The minimum absolute atomic E-state index is 0.148. The molecule has 1 atom stereocenters. The third kappa shape index (κ3) is 3.36. The Hall–Kier alpha value is -2.56. The first-order valence-corrected chi connectivity index (χ1v) is 6.99. The Morgan fingerprint density at radius 1 is 1.23 bits per heavy atom. The van der Waals surface area contributed by atoms with E-state index in [1.807, 2.05) is 36.4 Å². The zero-order chi connectivity index (χ0) is 16.0. The van der Waals surface area contributed by atoms with Crippen LogP contribution in [0.15, 0.2) is 54.8 Å². The van der Waals surface area contributed by atoms with Gasteiger partial charge in [-0.05, 0) is 25.0 Å². The molecule has 0 aliphatic carbocycles. The van der Waals surface area contributed by atoms with E-state index in [4.69, 9.17) is 9.47 Å². The van der Waals surface area contributed by atoms with Gasteiger partial charge in [0, 0.05) is 6.20 Å². The van der Waals surface area contributed by atoms with Gasteiger partial charge >= 0.3 is 12.1 Å². The highest BCUT2D eigenvalue weighted by Crippen LogP contribution is 2.26. The predicted octanol–water partition coefficient (Wildman–Crippen LogP) is 3.03.